The van der Waals surface area contributed by atoms with Gasteiger partial charge >= 0.3 is 0 Å². The molecule has 0 bridgehead atoms. The third-order valence-corrected chi connectivity index (χ3v) is 7.63. The second-order valence-electron chi connectivity index (χ2n) is 10.4. The molecule has 0 aliphatic heterocycles. The molecular weight excluding hydrogens is 635 g/mol. The van der Waals surface area contributed by atoms with Crippen LogP contribution in [0.1, 0.15) is 51.4 Å². The monoisotopic (exact) mass is 684 g/mol. The van der Waals surface area contributed by atoms with Gasteiger partial charge < -0.3 is 54.6 Å². The Bertz CT molecular complexity index is 952. The number of carbonyl (C=O) groups is 5. The fraction of sp³-hybridized carbons (Fsp3) is 0.808. The van der Waals surface area contributed by atoms with Crippen LogP contribution in [0.5, 0.6) is 0 Å². The Kier molecular flexibility index (Phi) is 21.9. The summed E-state index contributed by atoms with van der Waals surface area (Å²) in [6, 6.07) is -1.93. The first-order valence-corrected chi connectivity index (χ1v) is 18.0. The Morgan fingerprint density at radius 2 is 1.44 bits per heavy atom. The van der Waals surface area contributed by atoms with Crippen LogP contribution in [0.25, 0.3) is 0 Å². The molecule has 0 spiro atoms. The summed E-state index contributed by atoms with van der Waals surface area (Å²) in [5.74, 6) is 7.79. The van der Waals surface area contributed by atoms with E-state index in [0.717, 1.165) is 0 Å². The standard InChI is InChI=1S/C26H49N6O11PS/c1-44(38,45)43-21-5-2-19(3-6-21)25(36)32-22(26(37)30-11-13-40-15-17-42-28)7-9-24(35)31-20(18-33)4-8-23(34)29-10-12-39-14-16-41-27/h18-22H,2-17,27-28H2,1H3,(H,29,34)(H,30,37)(H,31,35)(H,32,36)(H,38,45). The molecule has 1 rings (SSSR count). The summed E-state index contributed by atoms with van der Waals surface area (Å²) in [4.78, 5) is 80.8. The van der Waals surface area contributed by atoms with E-state index in [2.05, 4.69) is 30.9 Å². The highest BCUT2D eigenvalue weighted by Crippen LogP contribution is 2.42. The van der Waals surface area contributed by atoms with Crippen molar-refractivity contribution >= 4 is 48.2 Å². The fourth-order valence-electron chi connectivity index (χ4n) is 4.42. The highest BCUT2D eigenvalue weighted by Gasteiger charge is 2.31. The van der Waals surface area contributed by atoms with Gasteiger partial charge in [-0.3, -0.25) is 19.2 Å². The van der Waals surface area contributed by atoms with Crippen LogP contribution in [0.2, 0.25) is 0 Å². The van der Waals surface area contributed by atoms with Crippen molar-refractivity contribution in [2.24, 2.45) is 17.7 Å². The topological polar surface area (TPSA) is 252 Å². The Morgan fingerprint density at radius 1 is 0.867 bits per heavy atom. The molecule has 3 atom stereocenters. The molecule has 19 heteroatoms. The third kappa shape index (κ3) is 20.6. The van der Waals surface area contributed by atoms with E-state index >= 15 is 0 Å². The molecule has 0 aromatic heterocycles. The van der Waals surface area contributed by atoms with E-state index in [0.29, 0.717) is 32.0 Å². The first-order valence-electron chi connectivity index (χ1n) is 14.9. The molecule has 1 fully saturated rings. The maximum atomic E-state index is 13.1. The van der Waals surface area contributed by atoms with Gasteiger partial charge in [-0.25, -0.2) is 11.8 Å². The highest BCUT2D eigenvalue weighted by molar-refractivity contribution is 8.09. The van der Waals surface area contributed by atoms with Crippen molar-refractivity contribution in [1.82, 2.24) is 21.3 Å². The molecule has 0 radical (unpaired) electrons. The minimum Gasteiger partial charge on any atom is -0.377 e. The van der Waals surface area contributed by atoms with E-state index < -0.39 is 30.4 Å². The molecule has 1 aliphatic carbocycles. The second-order valence-corrected chi connectivity index (χ2v) is 14.3. The highest BCUT2D eigenvalue weighted by atomic mass is 32.5. The van der Waals surface area contributed by atoms with Crippen LogP contribution in [-0.2, 0) is 59.5 Å². The molecule has 0 aromatic rings. The molecule has 260 valence electrons. The molecule has 0 heterocycles. The summed E-state index contributed by atoms with van der Waals surface area (Å²) in [5.41, 5.74) is 0. The molecule has 1 saturated carbocycles. The largest absolute Gasteiger partial charge is 0.377 e. The smallest absolute Gasteiger partial charge is 0.242 e. The Balaban J connectivity index is 2.60. The lowest BCUT2D eigenvalue weighted by atomic mass is 9.86. The van der Waals surface area contributed by atoms with Gasteiger partial charge in [-0.05, 0) is 50.3 Å². The molecule has 45 heavy (non-hydrogen) atoms. The van der Waals surface area contributed by atoms with Crippen molar-refractivity contribution in [3.63, 3.8) is 0 Å². The quantitative estimate of drug-likeness (QED) is 0.0244. The number of aldehydes is 1. The summed E-state index contributed by atoms with van der Waals surface area (Å²) in [7, 11) is 0. The van der Waals surface area contributed by atoms with Crippen LogP contribution in [0.15, 0.2) is 0 Å². The minimum atomic E-state index is -2.82. The lowest BCUT2D eigenvalue weighted by Crippen LogP contribution is -2.50. The van der Waals surface area contributed by atoms with Crippen molar-refractivity contribution in [1.29, 1.82) is 0 Å². The number of nitrogens with two attached hydrogens (primary N) is 2. The molecule has 9 N–H and O–H groups in total. The maximum Gasteiger partial charge on any atom is 0.242 e. The number of nitrogens with one attached hydrogen (secondary N) is 4. The van der Waals surface area contributed by atoms with Crippen LogP contribution >= 0.6 is 6.49 Å². The van der Waals surface area contributed by atoms with Crippen molar-refractivity contribution in [2.75, 3.05) is 59.4 Å². The van der Waals surface area contributed by atoms with E-state index in [1.54, 1.807) is 0 Å². The van der Waals surface area contributed by atoms with Gasteiger partial charge in [-0.2, -0.15) is 0 Å². The van der Waals surface area contributed by atoms with Crippen molar-refractivity contribution in [2.45, 2.75) is 69.6 Å². The lowest BCUT2D eigenvalue weighted by molar-refractivity contribution is -0.133. The van der Waals surface area contributed by atoms with Crippen molar-refractivity contribution < 1.29 is 52.5 Å². The predicted octanol–water partition coefficient (Wildman–Crippen LogP) is -1.73. The number of rotatable bonds is 25. The van der Waals surface area contributed by atoms with Crippen molar-refractivity contribution in [3.8, 4) is 0 Å². The molecule has 17 nitrogen and oxygen atoms in total. The van der Waals surface area contributed by atoms with Gasteiger partial charge in [-0.1, -0.05) is 0 Å². The Hall–Kier alpha value is -2.12. The van der Waals surface area contributed by atoms with Crippen LogP contribution in [0.3, 0.4) is 0 Å². The van der Waals surface area contributed by atoms with Gasteiger partial charge in [0.2, 0.25) is 23.6 Å². The average Bonchev–Trinajstić information content (AvgIpc) is 3.00. The fourth-order valence-corrected chi connectivity index (χ4v) is 5.55. The molecule has 3 unspecified atom stereocenters. The summed E-state index contributed by atoms with van der Waals surface area (Å²) in [5, 5.41) is 10.6. The lowest BCUT2D eigenvalue weighted by Gasteiger charge is -2.30. The van der Waals surface area contributed by atoms with E-state index in [1.165, 1.54) is 6.66 Å². The zero-order chi connectivity index (χ0) is 33.5. The number of amides is 4. The summed E-state index contributed by atoms with van der Waals surface area (Å²) in [6.45, 7) is 0.460. The molecule has 4 amide bonds. The molecular formula is C26H49N6O11PS. The van der Waals surface area contributed by atoms with E-state index in [-0.39, 0.29) is 102 Å². The van der Waals surface area contributed by atoms with E-state index in [4.69, 9.17) is 37.6 Å². The number of ether oxygens (including phenoxy) is 2. The summed E-state index contributed by atoms with van der Waals surface area (Å²) < 4.78 is 16.0. The average molecular weight is 685 g/mol. The molecule has 1 aliphatic rings. The maximum absolute atomic E-state index is 13.1. The van der Waals surface area contributed by atoms with Crippen LogP contribution in [0.4, 0.5) is 0 Å². The number of hydrogen-bond acceptors (Lipinski definition) is 13. The normalized spacial score (nSPS) is 19.0. The van der Waals surface area contributed by atoms with Crippen molar-refractivity contribution in [3.05, 3.63) is 0 Å². The summed E-state index contributed by atoms with van der Waals surface area (Å²) >= 11 is 4.96. The van der Waals surface area contributed by atoms with Gasteiger partial charge in [0.15, 0.2) is 6.49 Å². The van der Waals surface area contributed by atoms with Crippen LogP contribution in [-0.4, -0.2) is 112 Å². The second kappa shape index (κ2) is 24.1. The zero-order valence-corrected chi connectivity index (χ0v) is 27.5. The number of hydrogen-bond donors (Lipinski definition) is 7. The molecule has 0 saturated heterocycles. The van der Waals surface area contributed by atoms with E-state index in [9.17, 15) is 28.9 Å². The molecule has 0 aromatic carbocycles. The van der Waals surface area contributed by atoms with Crippen LogP contribution < -0.4 is 33.1 Å². The van der Waals surface area contributed by atoms with Crippen LogP contribution in [0, 0.1) is 5.92 Å². The predicted molar refractivity (Wildman–Crippen MR) is 166 cm³/mol. The Morgan fingerprint density at radius 3 is 2.00 bits per heavy atom. The number of carbonyl (C=O) groups excluding carboxylic acids is 5. The summed E-state index contributed by atoms with van der Waals surface area (Å²) in [6.07, 6.45) is 2.24. The Labute approximate surface area is 268 Å². The first-order chi connectivity index (χ1) is 21.5. The SMILES string of the molecule is CP(O)(=S)OC1CCC(C(=O)NC(CCC(=O)NC(C=O)CCC(=O)NCCOCCON)C(=O)NCCOCCON)CC1. The van der Waals surface area contributed by atoms with Gasteiger partial charge in [0.25, 0.3) is 0 Å². The first kappa shape index (κ1) is 40.9. The third-order valence-electron chi connectivity index (χ3n) is 6.68. The van der Waals surface area contributed by atoms with Gasteiger partial charge in [0, 0.05) is 38.5 Å². The minimum absolute atomic E-state index is 0.00478. The van der Waals surface area contributed by atoms with Gasteiger partial charge in [0.05, 0.1) is 51.8 Å². The van der Waals surface area contributed by atoms with Gasteiger partial charge in [0.1, 0.15) is 12.3 Å². The van der Waals surface area contributed by atoms with Gasteiger partial charge in [-0.15, -0.1) is 0 Å². The zero-order valence-electron chi connectivity index (χ0n) is 25.7. The van der Waals surface area contributed by atoms with E-state index in [1.807, 2.05) is 0 Å².